The van der Waals surface area contributed by atoms with Crippen molar-refractivity contribution in [3.8, 4) is 11.5 Å². The van der Waals surface area contributed by atoms with E-state index in [9.17, 15) is 9.59 Å². The Morgan fingerprint density at radius 1 is 0.646 bits per heavy atom. The van der Waals surface area contributed by atoms with Gasteiger partial charge in [0.1, 0.15) is 0 Å². The molecule has 7 rings (SSSR count). The van der Waals surface area contributed by atoms with Crippen molar-refractivity contribution >= 4 is 57.4 Å². The number of amides is 2. The van der Waals surface area contributed by atoms with E-state index in [1.807, 2.05) is 88.0 Å². The van der Waals surface area contributed by atoms with Crippen LogP contribution in [0.5, 0.6) is 11.5 Å². The van der Waals surface area contributed by atoms with E-state index in [4.69, 9.17) is 44.0 Å². The molecule has 12 nitrogen and oxygen atoms in total. The highest BCUT2D eigenvalue weighted by Crippen LogP contribution is 2.33. The standard InChI is InChI=1S/C18H18N4O3.C17H17ClN4O/c19-17(23)6-3-11-1-4-14-13(7-11)21-18(20)22(14)9-12-2-5-15-16(8-12)25-10-24-15;18-13-5-1-12(2-6-13)10-22-15-7-3-11(4-8-16(19)23)9-14(15)21-17(22)20/h1-2,4-5,7-8H,3,6,9-10H2,(H2,19,23)(H2,20,21);1-3,5-7,9H,4,8,10H2,(H2,19,23)(H2,20,21). The Bertz CT molecular complexity index is 2120. The first-order valence-electron chi connectivity index (χ1n) is 15.3. The van der Waals surface area contributed by atoms with Crippen LogP contribution in [-0.2, 0) is 35.5 Å². The highest BCUT2D eigenvalue weighted by molar-refractivity contribution is 6.30. The SMILES string of the molecule is NC(=O)CCc1ccc2c(c1)nc(N)n2Cc1ccc(Cl)cc1.NC(=O)CCc1ccc2c(c1)nc(N)n2Cc1ccc2c(c1)OCO2. The van der Waals surface area contributed by atoms with E-state index < -0.39 is 0 Å². The highest BCUT2D eigenvalue weighted by atomic mass is 35.5. The number of nitrogens with zero attached hydrogens (tertiary/aromatic N) is 4. The van der Waals surface area contributed by atoms with Crippen molar-refractivity contribution in [2.45, 2.75) is 38.8 Å². The second-order valence-corrected chi connectivity index (χ2v) is 11.9. The van der Waals surface area contributed by atoms with Crippen LogP contribution in [0.15, 0.2) is 78.9 Å². The number of carbonyl (C=O) groups excluding carboxylic acids is 2. The number of ether oxygens (including phenoxy) is 2. The summed E-state index contributed by atoms with van der Waals surface area (Å²) in [4.78, 5) is 30.7. The van der Waals surface area contributed by atoms with Crippen molar-refractivity contribution in [3.05, 3.63) is 106 Å². The zero-order chi connectivity index (χ0) is 33.8. The summed E-state index contributed by atoms with van der Waals surface area (Å²) in [5.41, 5.74) is 30.3. The zero-order valence-electron chi connectivity index (χ0n) is 26.1. The van der Waals surface area contributed by atoms with E-state index in [0.717, 1.165) is 55.8 Å². The summed E-state index contributed by atoms with van der Waals surface area (Å²) in [6.45, 7) is 1.46. The van der Waals surface area contributed by atoms with Gasteiger partial charge in [-0.05, 0) is 83.6 Å². The van der Waals surface area contributed by atoms with Crippen molar-refractivity contribution in [1.29, 1.82) is 0 Å². The minimum Gasteiger partial charge on any atom is -0.454 e. The van der Waals surface area contributed by atoms with Gasteiger partial charge in [0, 0.05) is 17.9 Å². The van der Waals surface area contributed by atoms with Crippen molar-refractivity contribution < 1.29 is 19.1 Å². The number of rotatable bonds is 10. The molecular formula is C35H35ClN8O4. The maximum Gasteiger partial charge on any atom is 0.231 e. The largest absolute Gasteiger partial charge is 0.454 e. The molecule has 0 saturated carbocycles. The number of primary amides is 2. The van der Waals surface area contributed by atoms with Crippen LogP contribution < -0.4 is 32.4 Å². The molecule has 0 saturated heterocycles. The Kier molecular flexibility index (Phi) is 9.35. The van der Waals surface area contributed by atoms with Crippen LogP contribution in [0.1, 0.15) is 35.1 Å². The summed E-state index contributed by atoms with van der Waals surface area (Å²) in [5, 5.41) is 0.705. The van der Waals surface area contributed by atoms with Crippen molar-refractivity contribution in [3.63, 3.8) is 0 Å². The summed E-state index contributed by atoms with van der Waals surface area (Å²) in [7, 11) is 0. The number of carbonyl (C=O) groups is 2. The second-order valence-electron chi connectivity index (χ2n) is 11.5. The third-order valence-corrected chi connectivity index (χ3v) is 8.29. The first-order valence-corrected chi connectivity index (χ1v) is 15.7. The van der Waals surface area contributed by atoms with Crippen LogP contribution >= 0.6 is 11.6 Å². The van der Waals surface area contributed by atoms with Gasteiger partial charge in [-0.1, -0.05) is 41.9 Å². The van der Waals surface area contributed by atoms with Gasteiger partial charge in [0.25, 0.3) is 0 Å². The van der Waals surface area contributed by atoms with E-state index in [0.29, 0.717) is 55.7 Å². The highest BCUT2D eigenvalue weighted by Gasteiger charge is 2.15. The molecule has 13 heteroatoms. The molecule has 0 atom stereocenters. The minimum absolute atomic E-state index is 0.253. The van der Waals surface area contributed by atoms with E-state index in [1.54, 1.807) is 0 Å². The molecule has 2 aromatic heterocycles. The normalized spacial score (nSPS) is 11.9. The van der Waals surface area contributed by atoms with Crippen LogP contribution in [0.4, 0.5) is 11.9 Å². The summed E-state index contributed by atoms with van der Waals surface area (Å²) in [5.74, 6) is 1.79. The second kappa shape index (κ2) is 13.9. The number of nitrogens with two attached hydrogens (primary N) is 4. The molecule has 6 aromatic rings. The first kappa shape index (κ1) is 32.2. The van der Waals surface area contributed by atoms with Gasteiger partial charge in [-0.3, -0.25) is 9.59 Å². The zero-order valence-corrected chi connectivity index (χ0v) is 26.8. The van der Waals surface area contributed by atoms with Gasteiger partial charge >= 0.3 is 0 Å². The Balaban J connectivity index is 0.000000168. The molecule has 3 heterocycles. The molecule has 246 valence electrons. The molecule has 0 bridgehead atoms. The monoisotopic (exact) mass is 666 g/mol. The van der Waals surface area contributed by atoms with E-state index in [1.165, 1.54) is 0 Å². The quantitative estimate of drug-likeness (QED) is 0.163. The molecule has 1 aliphatic rings. The van der Waals surface area contributed by atoms with Crippen molar-refractivity contribution in [1.82, 2.24) is 19.1 Å². The molecule has 48 heavy (non-hydrogen) atoms. The average molecular weight is 667 g/mol. The predicted octanol–water partition coefficient (Wildman–Crippen LogP) is 4.55. The summed E-state index contributed by atoms with van der Waals surface area (Å²) in [6.07, 6.45) is 1.85. The molecule has 2 amide bonds. The topological polar surface area (TPSA) is 192 Å². The molecule has 1 aliphatic heterocycles. The lowest BCUT2D eigenvalue weighted by atomic mass is 10.1. The molecule has 8 N–H and O–H groups in total. The number of halogens is 1. The Morgan fingerprint density at radius 2 is 1.12 bits per heavy atom. The summed E-state index contributed by atoms with van der Waals surface area (Å²) in [6, 6.07) is 25.3. The lowest BCUT2D eigenvalue weighted by Crippen LogP contribution is -2.11. The third kappa shape index (κ3) is 7.45. The number of aryl methyl sites for hydroxylation is 2. The van der Waals surface area contributed by atoms with Gasteiger partial charge in [-0.25, -0.2) is 9.97 Å². The van der Waals surface area contributed by atoms with E-state index in [2.05, 4.69) is 9.97 Å². The van der Waals surface area contributed by atoms with Crippen molar-refractivity contribution in [2.75, 3.05) is 18.3 Å². The maximum atomic E-state index is 10.9. The number of hydrogen-bond donors (Lipinski definition) is 4. The Hall–Kier alpha value is -5.75. The van der Waals surface area contributed by atoms with Gasteiger partial charge in [0.2, 0.25) is 30.5 Å². The van der Waals surface area contributed by atoms with Crippen LogP contribution in [0.3, 0.4) is 0 Å². The van der Waals surface area contributed by atoms with Crippen LogP contribution in [0.25, 0.3) is 22.1 Å². The minimum atomic E-state index is -0.312. The van der Waals surface area contributed by atoms with Crippen LogP contribution in [0.2, 0.25) is 5.02 Å². The molecule has 0 fully saturated rings. The molecule has 4 aromatic carbocycles. The number of imidazole rings is 2. The van der Waals surface area contributed by atoms with E-state index >= 15 is 0 Å². The van der Waals surface area contributed by atoms with Crippen LogP contribution in [-0.4, -0.2) is 37.7 Å². The molecule has 0 spiro atoms. The fourth-order valence-corrected chi connectivity index (χ4v) is 5.69. The average Bonchev–Trinajstić information content (AvgIpc) is 3.74. The Morgan fingerprint density at radius 3 is 1.67 bits per heavy atom. The number of fused-ring (bicyclic) bond motifs is 3. The number of anilines is 2. The molecule has 0 radical (unpaired) electrons. The third-order valence-electron chi connectivity index (χ3n) is 8.04. The van der Waals surface area contributed by atoms with Gasteiger partial charge in [0.15, 0.2) is 11.5 Å². The fraction of sp³-hybridized carbons (Fsp3) is 0.200. The fourth-order valence-electron chi connectivity index (χ4n) is 5.56. The van der Waals surface area contributed by atoms with E-state index in [-0.39, 0.29) is 18.6 Å². The van der Waals surface area contributed by atoms with Gasteiger partial charge in [0.05, 0.1) is 35.2 Å². The lowest BCUT2D eigenvalue weighted by Gasteiger charge is -2.08. The summed E-state index contributed by atoms with van der Waals surface area (Å²) < 4.78 is 14.7. The van der Waals surface area contributed by atoms with Gasteiger partial charge in [-0.2, -0.15) is 0 Å². The van der Waals surface area contributed by atoms with Crippen LogP contribution in [0, 0.1) is 0 Å². The van der Waals surface area contributed by atoms with Gasteiger partial charge in [-0.15, -0.1) is 0 Å². The lowest BCUT2D eigenvalue weighted by molar-refractivity contribution is -0.118. The maximum absolute atomic E-state index is 10.9. The first-order chi connectivity index (χ1) is 23.1. The number of nitrogen functional groups attached to an aromatic ring is 2. The Labute approximate surface area is 281 Å². The number of benzene rings is 4. The number of aromatic nitrogens is 4. The molecule has 0 unspecified atom stereocenters. The number of hydrogen-bond acceptors (Lipinski definition) is 8. The summed E-state index contributed by atoms with van der Waals surface area (Å²) >= 11 is 5.91. The molecular weight excluding hydrogens is 632 g/mol. The predicted molar refractivity (Wildman–Crippen MR) is 186 cm³/mol. The smallest absolute Gasteiger partial charge is 0.231 e. The van der Waals surface area contributed by atoms with Crippen molar-refractivity contribution in [2.24, 2.45) is 11.5 Å². The van der Waals surface area contributed by atoms with Gasteiger partial charge < -0.3 is 41.5 Å². The molecule has 0 aliphatic carbocycles.